The summed E-state index contributed by atoms with van der Waals surface area (Å²) in [5.74, 6) is -1.78. The van der Waals surface area contributed by atoms with Gasteiger partial charge in [-0.3, -0.25) is 14.2 Å². The number of hydrogen-bond acceptors (Lipinski definition) is 7. The molecule has 26 heavy (non-hydrogen) atoms. The van der Waals surface area contributed by atoms with Gasteiger partial charge in [0.15, 0.2) is 0 Å². The quantitative estimate of drug-likeness (QED) is 0.211. The van der Waals surface area contributed by atoms with Crippen molar-refractivity contribution in [3.05, 3.63) is 11.6 Å². The number of esters is 1. The maximum atomic E-state index is 13.0. The van der Waals surface area contributed by atoms with Crippen LogP contribution >= 0.6 is 7.60 Å². The number of hydrogen-bond donors (Lipinski definition) is 2. The summed E-state index contributed by atoms with van der Waals surface area (Å²) in [6, 6.07) is -1.31. The third-order valence-corrected chi connectivity index (χ3v) is 5.06. The molecule has 2 N–H and O–H groups in total. The first-order valence-corrected chi connectivity index (χ1v) is 9.93. The number of ether oxygens (including phenoxy) is 1. The van der Waals surface area contributed by atoms with E-state index in [1.165, 1.54) is 13.0 Å². The van der Waals surface area contributed by atoms with Gasteiger partial charge in [-0.15, -0.1) is 0 Å². The Morgan fingerprint density at radius 3 is 2.08 bits per heavy atom. The molecule has 0 bridgehead atoms. The minimum absolute atomic E-state index is 0.0298. The third kappa shape index (κ3) is 11.0. The Hall–Kier alpha value is -1.70. The van der Waals surface area contributed by atoms with E-state index >= 15 is 0 Å². The molecule has 0 aliphatic heterocycles. The zero-order chi connectivity index (χ0) is 20.3. The van der Waals surface area contributed by atoms with Crippen molar-refractivity contribution in [2.75, 3.05) is 12.8 Å². The highest BCUT2D eigenvalue weighted by Gasteiger charge is 2.30. The van der Waals surface area contributed by atoms with Crippen LogP contribution in [0.2, 0.25) is 0 Å². The van der Waals surface area contributed by atoms with E-state index in [0.29, 0.717) is 5.57 Å². The average Bonchev–Trinajstić information content (AvgIpc) is 2.43. The van der Waals surface area contributed by atoms with Crippen molar-refractivity contribution >= 4 is 25.9 Å². The number of carboxylic acid groups (broad SMARTS) is 1. The van der Waals surface area contributed by atoms with Crippen LogP contribution in [0, 0.1) is 0 Å². The fraction of sp³-hybridized carbons (Fsp3) is 0.688. The van der Waals surface area contributed by atoms with Gasteiger partial charge in [0.1, 0.15) is 6.04 Å². The van der Waals surface area contributed by atoms with E-state index in [1.807, 2.05) is 0 Å². The zero-order valence-electron chi connectivity index (χ0n) is 15.8. The third-order valence-electron chi connectivity index (χ3n) is 2.78. The van der Waals surface area contributed by atoms with Crippen LogP contribution < -0.4 is 5.32 Å². The van der Waals surface area contributed by atoms with Crippen molar-refractivity contribution in [2.24, 2.45) is 0 Å². The summed E-state index contributed by atoms with van der Waals surface area (Å²) >= 11 is 0. The largest absolute Gasteiger partial charge is 0.479 e. The van der Waals surface area contributed by atoms with Crippen LogP contribution in [-0.4, -0.2) is 54.5 Å². The molecular formula is C16H28NO8P. The van der Waals surface area contributed by atoms with Crippen molar-refractivity contribution in [1.82, 2.24) is 5.32 Å². The highest BCUT2D eigenvalue weighted by molar-refractivity contribution is 7.54. The van der Waals surface area contributed by atoms with Gasteiger partial charge in [-0.25, -0.2) is 4.79 Å². The van der Waals surface area contributed by atoms with E-state index in [2.05, 4.69) is 5.32 Å². The van der Waals surface area contributed by atoms with Crippen molar-refractivity contribution in [3.8, 4) is 0 Å². The second kappa shape index (κ2) is 11.8. The van der Waals surface area contributed by atoms with Gasteiger partial charge in [-0.1, -0.05) is 11.6 Å². The molecule has 9 nitrogen and oxygen atoms in total. The van der Waals surface area contributed by atoms with E-state index in [4.69, 9.17) is 13.8 Å². The summed E-state index contributed by atoms with van der Waals surface area (Å²) in [5, 5.41) is 11.3. The molecule has 10 heteroatoms. The number of amides is 1. The molecule has 0 fully saturated rings. The number of carbonyl (C=O) groups is 3. The zero-order valence-corrected chi connectivity index (χ0v) is 16.7. The molecule has 0 aliphatic rings. The van der Waals surface area contributed by atoms with Gasteiger partial charge < -0.3 is 24.2 Å². The fourth-order valence-electron chi connectivity index (χ4n) is 2.03. The Labute approximate surface area is 153 Å². The van der Waals surface area contributed by atoms with Crippen LogP contribution in [0.4, 0.5) is 0 Å². The Kier molecular flexibility index (Phi) is 11.1. The molecular weight excluding hydrogens is 365 g/mol. The van der Waals surface area contributed by atoms with Crippen molar-refractivity contribution in [1.29, 1.82) is 0 Å². The Morgan fingerprint density at radius 1 is 1.15 bits per heavy atom. The topological polar surface area (TPSA) is 128 Å². The summed E-state index contributed by atoms with van der Waals surface area (Å²) in [4.78, 5) is 32.8. The Balaban J connectivity index is 5.56. The number of rotatable bonds is 13. The second-order valence-electron chi connectivity index (χ2n) is 6.09. The van der Waals surface area contributed by atoms with Gasteiger partial charge in [-0.05, 0) is 27.7 Å². The first-order valence-electron chi connectivity index (χ1n) is 8.20. The molecule has 0 saturated heterocycles. The van der Waals surface area contributed by atoms with Crippen molar-refractivity contribution < 1.29 is 37.8 Å². The number of nitrogens with one attached hydrogen (secondary N) is 1. The molecule has 0 radical (unpaired) electrons. The predicted octanol–water partition coefficient (Wildman–Crippen LogP) is 2.11. The van der Waals surface area contributed by atoms with Crippen LogP contribution in [0.3, 0.4) is 0 Å². The van der Waals surface area contributed by atoms with Crippen LogP contribution in [0.1, 0.15) is 41.0 Å². The van der Waals surface area contributed by atoms with Gasteiger partial charge in [0.05, 0.1) is 25.0 Å². The maximum absolute atomic E-state index is 13.0. The lowest BCUT2D eigenvalue weighted by atomic mass is 10.1. The molecule has 0 rings (SSSR count). The maximum Gasteiger partial charge on any atom is 0.335 e. The van der Waals surface area contributed by atoms with E-state index in [0.717, 1.165) is 0 Å². The van der Waals surface area contributed by atoms with Gasteiger partial charge in [-0.2, -0.15) is 0 Å². The summed E-state index contributed by atoms with van der Waals surface area (Å²) in [7, 11) is -3.57. The first-order chi connectivity index (χ1) is 12.0. The number of carboxylic acids is 1. The second-order valence-corrected chi connectivity index (χ2v) is 8.05. The minimum atomic E-state index is -3.57. The molecule has 0 aromatic carbocycles. The summed E-state index contributed by atoms with van der Waals surface area (Å²) in [6.07, 6.45) is 0.690. The monoisotopic (exact) mass is 393 g/mol. The van der Waals surface area contributed by atoms with Gasteiger partial charge in [0.2, 0.25) is 6.41 Å². The lowest BCUT2D eigenvalue weighted by Gasteiger charge is -2.24. The van der Waals surface area contributed by atoms with Crippen LogP contribution in [0.25, 0.3) is 0 Å². The van der Waals surface area contributed by atoms with E-state index in [9.17, 15) is 24.1 Å². The minimum Gasteiger partial charge on any atom is -0.479 e. The van der Waals surface area contributed by atoms with E-state index < -0.39 is 25.6 Å². The molecule has 1 atom stereocenters. The fourth-order valence-corrected chi connectivity index (χ4v) is 4.28. The van der Waals surface area contributed by atoms with E-state index in [1.54, 1.807) is 27.7 Å². The normalized spacial score (nSPS) is 13.6. The molecule has 0 saturated carbocycles. The van der Waals surface area contributed by atoms with Crippen molar-refractivity contribution in [2.45, 2.75) is 59.3 Å². The van der Waals surface area contributed by atoms with E-state index in [-0.39, 0.29) is 37.8 Å². The van der Waals surface area contributed by atoms with Gasteiger partial charge >= 0.3 is 19.5 Å². The molecule has 150 valence electrons. The summed E-state index contributed by atoms with van der Waals surface area (Å²) in [6.45, 7) is 8.02. The SMILES string of the molecule is CC(=O)OCCC(=CC(NC=O)C(=O)O)CP(=O)(OC(C)C)OC(C)C. The molecule has 1 amide bonds. The highest BCUT2D eigenvalue weighted by atomic mass is 31.2. The number of aliphatic carboxylic acids is 1. The average molecular weight is 393 g/mol. The highest BCUT2D eigenvalue weighted by Crippen LogP contribution is 2.52. The molecule has 1 unspecified atom stereocenters. The summed E-state index contributed by atoms with van der Waals surface area (Å²) in [5.41, 5.74) is 0.373. The lowest BCUT2D eigenvalue weighted by molar-refractivity contribution is -0.141. The molecule has 0 spiro atoms. The van der Waals surface area contributed by atoms with Crippen LogP contribution in [-0.2, 0) is 32.7 Å². The predicted molar refractivity (Wildman–Crippen MR) is 94.9 cm³/mol. The molecule has 0 aromatic rings. The first kappa shape index (κ1) is 24.3. The standard InChI is InChI=1S/C16H28NO8P/c1-11(2)24-26(22,25-12(3)4)9-14(6-7-23-13(5)19)8-15(16(20)21)17-10-18/h8,10-12,15H,6-7,9H2,1-5H3,(H,17,18)(H,20,21). The van der Waals surface area contributed by atoms with Crippen LogP contribution in [0.5, 0.6) is 0 Å². The van der Waals surface area contributed by atoms with Gasteiger partial charge in [0, 0.05) is 13.3 Å². The lowest BCUT2D eigenvalue weighted by Crippen LogP contribution is -2.34. The number of carbonyl (C=O) groups excluding carboxylic acids is 2. The Bertz CT molecular complexity index is 544. The molecule has 0 heterocycles. The van der Waals surface area contributed by atoms with Crippen LogP contribution in [0.15, 0.2) is 11.6 Å². The van der Waals surface area contributed by atoms with Crippen molar-refractivity contribution in [3.63, 3.8) is 0 Å². The summed E-state index contributed by atoms with van der Waals surface area (Å²) < 4.78 is 28.8. The smallest absolute Gasteiger partial charge is 0.335 e. The van der Waals surface area contributed by atoms with Gasteiger partial charge in [0.25, 0.3) is 0 Å². The molecule has 0 aliphatic carbocycles. The Morgan fingerprint density at radius 2 is 1.69 bits per heavy atom. The molecule has 0 aromatic heterocycles.